The number of nitrogens with one attached hydrogen (secondary N) is 1. The lowest BCUT2D eigenvalue weighted by molar-refractivity contribution is -0.121. The van der Waals surface area contributed by atoms with E-state index in [-0.39, 0.29) is 11.9 Å². The summed E-state index contributed by atoms with van der Waals surface area (Å²) in [5.74, 6) is 0.816. The van der Waals surface area contributed by atoms with Crippen molar-refractivity contribution < 1.29 is 4.79 Å². The van der Waals surface area contributed by atoms with Gasteiger partial charge in [-0.1, -0.05) is 50.4 Å². The molecule has 1 aromatic rings. The van der Waals surface area contributed by atoms with Gasteiger partial charge in [-0.15, -0.1) is 0 Å². The number of benzene rings is 1. The van der Waals surface area contributed by atoms with Crippen LogP contribution in [-0.2, 0) is 11.2 Å². The first-order chi connectivity index (χ1) is 8.97. The van der Waals surface area contributed by atoms with Gasteiger partial charge in [-0.25, -0.2) is 0 Å². The fraction of sp³-hybridized carbons (Fsp3) is 0.562. The molecule has 0 bridgehead atoms. The molecule has 3 heteroatoms. The molecule has 1 atom stereocenters. The summed E-state index contributed by atoms with van der Waals surface area (Å²) in [6, 6.07) is 7.67. The molecule has 1 amide bonds. The van der Waals surface area contributed by atoms with Gasteiger partial charge in [0.1, 0.15) is 0 Å². The van der Waals surface area contributed by atoms with E-state index in [1.165, 1.54) is 12.8 Å². The maximum atomic E-state index is 11.9. The van der Waals surface area contributed by atoms with E-state index >= 15 is 0 Å². The van der Waals surface area contributed by atoms with Crippen molar-refractivity contribution in [3.05, 3.63) is 34.9 Å². The van der Waals surface area contributed by atoms with Gasteiger partial charge >= 0.3 is 0 Å². The highest BCUT2D eigenvalue weighted by atomic mass is 35.5. The lowest BCUT2D eigenvalue weighted by atomic mass is 10.0. The second kappa shape index (κ2) is 8.21. The van der Waals surface area contributed by atoms with Crippen LogP contribution in [0.3, 0.4) is 0 Å². The minimum Gasteiger partial charge on any atom is -0.353 e. The van der Waals surface area contributed by atoms with Crippen LogP contribution in [0.15, 0.2) is 24.3 Å². The van der Waals surface area contributed by atoms with E-state index in [1.807, 2.05) is 24.3 Å². The normalized spacial score (nSPS) is 12.5. The van der Waals surface area contributed by atoms with Gasteiger partial charge < -0.3 is 5.32 Å². The average Bonchev–Trinajstić information content (AvgIpc) is 2.31. The molecule has 1 aromatic carbocycles. The molecule has 0 saturated carbocycles. The summed E-state index contributed by atoms with van der Waals surface area (Å²) in [6.07, 6.45) is 3.85. The monoisotopic (exact) mass is 281 g/mol. The van der Waals surface area contributed by atoms with Crippen molar-refractivity contribution in [2.24, 2.45) is 5.92 Å². The molecule has 1 N–H and O–H groups in total. The second-order valence-corrected chi connectivity index (χ2v) is 6.03. The average molecular weight is 282 g/mol. The van der Waals surface area contributed by atoms with Crippen LogP contribution in [0, 0.1) is 5.92 Å². The predicted octanol–water partition coefficient (Wildman–Crippen LogP) is 4.21. The van der Waals surface area contributed by atoms with Gasteiger partial charge in [-0.3, -0.25) is 4.79 Å². The number of rotatable bonds is 7. The van der Waals surface area contributed by atoms with Crippen molar-refractivity contribution in [3.63, 3.8) is 0 Å². The van der Waals surface area contributed by atoms with Crippen LogP contribution in [-0.4, -0.2) is 11.9 Å². The summed E-state index contributed by atoms with van der Waals surface area (Å²) in [6.45, 7) is 6.52. The molecule has 2 nitrogen and oxygen atoms in total. The van der Waals surface area contributed by atoms with Crippen LogP contribution in [0.4, 0.5) is 0 Å². The van der Waals surface area contributed by atoms with Crippen molar-refractivity contribution in [1.29, 1.82) is 0 Å². The van der Waals surface area contributed by atoms with Crippen LogP contribution in [0.5, 0.6) is 0 Å². The third kappa shape index (κ3) is 7.22. The zero-order chi connectivity index (χ0) is 14.3. The number of halogens is 1. The first-order valence-corrected chi connectivity index (χ1v) is 7.39. The van der Waals surface area contributed by atoms with Crippen molar-refractivity contribution in [2.45, 2.75) is 52.5 Å². The fourth-order valence-corrected chi connectivity index (χ4v) is 2.14. The Morgan fingerprint density at radius 2 is 1.79 bits per heavy atom. The standard InChI is InChI=1S/C16H24ClNO/c1-12(2)5-4-6-13(3)18-16(19)11-14-7-9-15(17)10-8-14/h7-10,12-13H,4-6,11H2,1-3H3,(H,18,19)/t13-/m1/s1. The SMILES string of the molecule is CC(C)CCC[C@@H](C)NC(=O)Cc1ccc(Cl)cc1. The maximum Gasteiger partial charge on any atom is 0.224 e. The number of hydrogen-bond donors (Lipinski definition) is 1. The molecule has 0 aliphatic carbocycles. The molecular weight excluding hydrogens is 258 g/mol. The van der Waals surface area contributed by atoms with E-state index in [0.29, 0.717) is 11.4 Å². The number of carbonyl (C=O) groups excluding carboxylic acids is 1. The van der Waals surface area contributed by atoms with E-state index in [0.717, 1.165) is 17.9 Å². The molecule has 0 unspecified atom stereocenters. The molecule has 0 aromatic heterocycles. The van der Waals surface area contributed by atoms with Crippen LogP contribution < -0.4 is 5.32 Å². The summed E-state index contributed by atoms with van der Waals surface area (Å²) in [5.41, 5.74) is 0.997. The molecule has 0 radical (unpaired) electrons. The number of carbonyl (C=O) groups is 1. The second-order valence-electron chi connectivity index (χ2n) is 5.60. The fourth-order valence-electron chi connectivity index (χ4n) is 2.02. The Hall–Kier alpha value is -1.02. The summed E-state index contributed by atoms with van der Waals surface area (Å²) in [7, 11) is 0. The summed E-state index contributed by atoms with van der Waals surface area (Å²) in [4.78, 5) is 11.9. The van der Waals surface area contributed by atoms with Gasteiger partial charge in [0.05, 0.1) is 6.42 Å². The van der Waals surface area contributed by atoms with Crippen molar-refractivity contribution in [2.75, 3.05) is 0 Å². The van der Waals surface area contributed by atoms with Gasteiger partial charge in [-0.05, 0) is 37.0 Å². The molecular formula is C16H24ClNO. The Balaban J connectivity index is 2.28. The van der Waals surface area contributed by atoms with E-state index < -0.39 is 0 Å². The zero-order valence-corrected chi connectivity index (χ0v) is 12.8. The van der Waals surface area contributed by atoms with E-state index in [1.54, 1.807) is 0 Å². The lowest BCUT2D eigenvalue weighted by Gasteiger charge is -2.14. The van der Waals surface area contributed by atoms with Gasteiger partial charge in [-0.2, -0.15) is 0 Å². The van der Waals surface area contributed by atoms with Crippen molar-refractivity contribution in [1.82, 2.24) is 5.32 Å². The molecule has 0 fully saturated rings. The molecule has 1 rings (SSSR count). The van der Waals surface area contributed by atoms with Crippen LogP contribution in [0.2, 0.25) is 5.02 Å². The van der Waals surface area contributed by atoms with Gasteiger partial charge in [0.25, 0.3) is 0 Å². The molecule has 0 heterocycles. The summed E-state index contributed by atoms with van der Waals surface area (Å²) < 4.78 is 0. The molecule has 19 heavy (non-hydrogen) atoms. The quantitative estimate of drug-likeness (QED) is 0.797. The third-order valence-electron chi connectivity index (χ3n) is 3.10. The molecule has 106 valence electrons. The van der Waals surface area contributed by atoms with Gasteiger partial charge in [0.2, 0.25) is 5.91 Å². The highest BCUT2D eigenvalue weighted by molar-refractivity contribution is 6.30. The van der Waals surface area contributed by atoms with E-state index in [9.17, 15) is 4.79 Å². The van der Waals surface area contributed by atoms with Crippen LogP contribution >= 0.6 is 11.6 Å². The van der Waals surface area contributed by atoms with Gasteiger partial charge in [0, 0.05) is 11.1 Å². The van der Waals surface area contributed by atoms with Gasteiger partial charge in [0.15, 0.2) is 0 Å². The highest BCUT2D eigenvalue weighted by Gasteiger charge is 2.08. The lowest BCUT2D eigenvalue weighted by Crippen LogP contribution is -2.33. The molecule has 0 aliphatic rings. The Morgan fingerprint density at radius 1 is 1.16 bits per heavy atom. The van der Waals surface area contributed by atoms with Crippen molar-refractivity contribution in [3.8, 4) is 0 Å². The van der Waals surface area contributed by atoms with Crippen LogP contribution in [0.25, 0.3) is 0 Å². The predicted molar refractivity (Wildman–Crippen MR) is 81.4 cm³/mol. The Morgan fingerprint density at radius 3 is 2.37 bits per heavy atom. The van der Waals surface area contributed by atoms with Crippen molar-refractivity contribution >= 4 is 17.5 Å². The largest absolute Gasteiger partial charge is 0.353 e. The first kappa shape index (κ1) is 16.0. The minimum atomic E-state index is 0.0827. The third-order valence-corrected chi connectivity index (χ3v) is 3.36. The Bertz CT molecular complexity index is 386. The highest BCUT2D eigenvalue weighted by Crippen LogP contribution is 2.11. The molecule has 0 saturated heterocycles. The smallest absolute Gasteiger partial charge is 0.224 e. The zero-order valence-electron chi connectivity index (χ0n) is 12.1. The topological polar surface area (TPSA) is 29.1 Å². The first-order valence-electron chi connectivity index (χ1n) is 7.01. The number of hydrogen-bond acceptors (Lipinski definition) is 1. The maximum absolute atomic E-state index is 11.9. The Kier molecular flexibility index (Phi) is 6.93. The van der Waals surface area contributed by atoms with Crippen LogP contribution in [0.1, 0.15) is 45.6 Å². The number of amides is 1. The molecule has 0 aliphatic heterocycles. The van der Waals surface area contributed by atoms with E-state index in [2.05, 4.69) is 26.1 Å². The molecule has 0 spiro atoms. The summed E-state index contributed by atoms with van der Waals surface area (Å²) in [5, 5.41) is 3.74. The minimum absolute atomic E-state index is 0.0827. The summed E-state index contributed by atoms with van der Waals surface area (Å²) >= 11 is 5.81. The Labute approximate surface area is 121 Å². The van der Waals surface area contributed by atoms with E-state index in [4.69, 9.17) is 11.6 Å².